The van der Waals surface area contributed by atoms with Gasteiger partial charge < -0.3 is 10.1 Å². The molecule has 1 fully saturated rings. The number of aryl methyl sites for hydroxylation is 1. The molecule has 1 saturated carbocycles. The Morgan fingerprint density at radius 1 is 1.37 bits per heavy atom. The predicted molar refractivity (Wildman–Crippen MR) is 76.1 cm³/mol. The van der Waals surface area contributed by atoms with Gasteiger partial charge in [0, 0.05) is 6.04 Å². The standard InChI is InChI=1S/C16H24FNO/c1-18-14(12-6-3-4-7-12)11-10-13-8-5-9-15(19-2)16(13)17/h5,8-9,12,14,18H,3-4,6-7,10-11H2,1-2H3. The molecule has 106 valence electrons. The first-order valence-corrected chi connectivity index (χ1v) is 7.25. The van der Waals surface area contributed by atoms with Crippen molar-refractivity contribution in [3.05, 3.63) is 29.6 Å². The van der Waals surface area contributed by atoms with Gasteiger partial charge in [0.15, 0.2) is 11.6 Å². The number of rotatable bonds is 6. The minimum atomic E-state index is -0.203. The molecule has 0 aromatic heterocycles. The minimum Gasteiger partial charge on any atom is -0.494 e. The summed E-state index contributed by atoms with van der Waals surface area (Å²) in [4.78, 5) is 0. The van der Waals surface area contributed by atoms with Gasteiger partial charge in [-0.1, -0.05) is 25.0 Å². The molecule has 0 amide bonds. The molecule has 19 heavy (non-hydrogen) atoms. The average molecular weight is 265 g/mol. The summed E-state index contributed by atoms with van der Waals surface area (Å²) in [6.07, 6.45) is 7.07. The van der Waals surface area contributed by atoms with Crippen LogP contribution in [0.1, 0.15) is 37.7 Å². The lowest BCUT2D eigenvalue weighted by molar-refractivity contribution is 0.355. The minimum absolute atomic E-state index is 0.203. The van der Waals surface area contributed by atoms with Gasteiger partial charge in [-0.3, -0.25) is 0 Å². The van der Waals surface area contributed by atoms with Crippen molar-refractivity contribution in [2.75, 3.05) is 14.2 Å². The van der Waals surface area contributed by atoms with Gasteiger partial charge >= 0.3 is 0 Å². The van der Waals surface area contributed by atoms with Crippen LogP contribution in [0.2, 0.25) is 0 Å². The number of hydrogen-bond acceptors (Lipinski definition) is 2. The second-order valence-electron chi connectivity index (χ2n) is 5.41. The van der Waals surface area contributed by atoms with Crippen LogP contribution in [-0.2, 0) is 6.42 Å². The van der Waals surface area contributed by atoms with Gasteiger partial charge in [0.25, 0.3) is 0 Å². The summed E-state index contributed by atoms with van der Waals surface area (Å²) in [7, 11) is 3.53. The molecule has 0 spiro atoms. The Kier molecular flexibility index (Phi) is 5.20. The van der Waals surface area contributed by atoms with Gasteiger partial charge in [0.2, 0.25) is 0 Å². The molecule has 0 saturated heterocycles. The van der Waals surface area contributed by atoms with Crippen LogP contribution in [0, 0.1) is 11.7 Å². The van der Waals surface area contributed by atoms with E-state index in [1.165, 1.54) is 32.8 Å². The lowest BCUT2D eigenvalue weighted by Gasteiger charge is -2.23. The van der Waals surface area contributed by atoms with E-state index in [-0.39, 0.29) is 5.82 Å². The number of methoxy groups -OCH3 is 1. The van der Waals surface area contributed by atoms with Crippen molar-refractivity contribution in [2.45, 2.75) is 44.6 Å². The molecule has 1 aromatic carbocycles. The summed E-state index contributed by atoms with van der Waals surface area (Å²) in [6.45, 7) is 0. The maximum absolute atomic E-state index is 14.1. The van der Waals surface area contributed by atoms with E-state index in [9.17, 15) is 4.39 Å². The fourth-order valence-electron chi connectivity index (χ4n) is 3.19. The molecule has 0 aliphatic heterocycles. The quantitative estimate of drug-likeness (QED) is 0.849. The van der Waals surface area contributed by atoms with Crippen LogP contribution < -0.4 is 10.1 Å². The van der Waals surface area contributed by atoms with Crippen molar-refractivity contribution in [2.24, 2.45) is 5.92 Å². The summed E-state index contributed by atoms with van der Waals surface area (Å²) >= 11 is 0. The molecule has 1 unspecified atom stereocenters. The molecule has 1 aromatic rings. The Morgan fingerprint density at radius 3 is 2.74 bits per heavy atom. The summed E-state index contributed by atoms with van der Waals surface area (Å²) in [6, 6.07) is 5.90. The Bertz CT molecular complexity index is 402. The molecule has 0 heterocycles. The maximum Gasteiger partial charge on any atom is 0.168 e. The first kappa shape index (κ1) is 14.3. The van der Waals surface area contributed by atoms with Crippen LogP contribution in [0.15, 0.2) is 18.2 Å². The highest BCUT2D eigenvalue weighted by Crippen LogP contribution is 2.30. The van der Waals surface area contributed by atoms with E-state index in [0.717, 1.165) is 24.3 Å². The molecule has 1 atom stereocenters. The largest absolute Gasteiger partial charge is 0.494 e. The zero-order valence-corrected chi connectivity index (χ0v) is 11.9. The zero-order valence-electron chi connectivity index (χ0n) is 11.9. The Hall–Kier alpha value is -1.09. The third-order valence-corrected chi connectivity index (χ3v) is 4.33. The first-order chi connectivity index (χ1) is 9.26. The van der Waals surface area contributed by atoms with Crippen LogP contribution in [0.25, 0.3) is 0 Å². The third-order valence-electron chi connectivity index (χ3n) is 4.33. The SMILES string of the molecule is CNC(CCc1cccc(OC)c1F)C1CCCC1. The molecule has 0 radical (unpaired) electrons. The van der Waals surface area contributed by atoms with E-state index in [4.69, 9.17) is 4.74 Å². The highest BCUT2D eigenvalue weighted by Gasteiger charge is 2.23. The summed E-state index contributed by atoms with van der Waals surface area (Å²) < 4.78 is 19.1. The molecule has 3 heteroatoms. The number of halogens is 1. The highest BCUT2D eigenvalue weighted by molar-refractivity contribution is 5.31. The highest BCUT2D eigenvalue weighted by atomic mass is 19.1. The van der Waals surface area contributed by atoms with E-state index in [1.807, 2.05) is 19.2 Å². The lowest BCUT2D eigenvalue weighted by atomic mass is 9.92. The van der Waals surface area contributed by atoms with Crippen molar-refractivity contribution >= 4 is 0 Å². The first-order valence-electron chi connectivity index (χ1n) is 7.25. The fraction of sp³-hybridized carbons (Fsp3) is 0.625. The normalized spacial score (nSPS) is 17.6. The summed E-state index contributed by atoms with van der Waals surface area (Å²) in [5.41, 5.74) is 0.762. The van der Waals surface area contributed by atoms with Gasteiger partial charge in [0.05, 0.1) is 7.11 Å². The van der Waals surface area contributed by atoms with Gasteiger partial charge in [-0.15, -0.1) is 0 Å². The van der Waals surface area contributed by atoms with E-state index in [0.29, 0.717) is 11.8 Å². The van der Waals surface area contributed by atoms with Gasteiger partial charge in [-0.25, -0.2) is 4.39 Å². The smallest absolute Gasteiger partial charge is 0.168 e. The van der Waals surface area contributed by atoms with Crippen molar-refractivity contribution < 1.29 is 9.13 Å². The van der Waals surface area contributed by atoms with Crippen LogP contribution >= 0.6 is 0 Å². The molecular weight excluding hydrogens is 241 g/mol. The van der Waals surface area contributed by atoms with Crippen LogP contribution in [0.4, 0.5) is 4.39 Å². The number of benzene rings is 1. The zero-order chi connectivity index (χ0) is 13.7. The number of ether oxygens (including phenoxy) is 1. The van der Waals surface area contributed by atoms with Gasteiger partial charge in [-0.05, 0) is 50.3 Å². The maximum atomic E-state index is 14.1. The lowest BCUT2D eigenvalue weighted by Crippen LogP contribution is -2.32. The second-order valence-corrected chi connectivity index (χ2v) is 5.41. The van der Waals surface area contributed by atoms with Crippen molar-refractivity contribution in [1.29, 1.82) is 0 Å². The van der Waals surface area contributed by atoms with Crippen LogP contribution in [0.3, 0.4) is 0 Å². The predicted octanol–water partition coefficient (Wildman–Crippen LogP) is 3.55. The average Bonchev–Trinajstić information content (AvgIpc) is 2.95. The fourth-order valence-corrected chi connectivity index (χ4v) is 3.19. The molecule has 0 bridgehead atoms. The van der Waals surface area contributed by atoms with E-state index < -0.39 is 0 Å². The van der Waals surface area contributed by atoms with Crippen LogP contribution in [-0.4, -0.2) is 20.2 Å². The van der Waals surface area contributed by atoms with E-state index in [1.54, 1.807) is 6.07 Å². The van der Waals surface area contributed by atoms with Crippen LogP contribution in [0.5, 0.6) is 5.75 Å². The molecular formula is C16H24FNO. The Labute approximate surface area is 115 Å². The second kappa shape index (κ2) is 6.90. The van der Waals surface area contributed by atoms with Crippen molar-refractivity contribution in [3.63, 3.8) is 0 Å². The van der Waals surface area contributed by atoms with Crippen molar-refractivity contribution in [1.82, 2.24) is 5.32 Å². The molecule has 2 nitrogen and oxygen atoms in total. The molecule has 1 N–H and O–H groups in total. The van der Waals surface area contributed by atoms with Gasteiger partial charge in [0.1, 0.15) is 0 Å². The van der Waals surface area contributed by atoms with Crippen molar-refractivity contribution in [3.8, 4) is 5.75 Å². The number of nitrogens with one attached hydrogen (secondary N) is 1. The summed E-state index contributed by atoms with van der Waals surface area (Å²) in [5.74, 6) is 0.907. The van der Waals surface area contributed by atoms with E-state index in [2.05, 4.69) is 5.32 Å². The molecule has 1 aliphatic carbocycles. The Balaban J connectivity index is 1.97. The third kappa shape index (κ3) is 3.47. The summed E-state index contributed by atoms with van der Waals surface area (Å²) in [5, 5.41) is 3.41. The monoisotopic (exact) mass is 265 g/mol. The molecule has 2 rings (SSSR count). The number of hydrogen-bond donors (Lipinski definition) is 1. The molecule has 1 aliphatic rings. The van der Waals surface area contributed by atoms with Gasteiger partial charge in [-0.2, -0.15) is 0 Å². The van der Waals surface area contributed by atoms with E-state index >= 15 is 0 Å². The topological polar surface area (TPSA) is 21.3 Å². The Morgan fingerprint density at radius 2 is 2.11 bits per heavy atom.